The van der Waals surface area contributed by atoms with Crippen LogP contribution >= 0.6 is 27.5 Å². The van der Waals surface area contributed by atoms with E-state index in [1.54, 1.807) is 6.07 Å². The summed E-state index contributed by atoms with van der Waals surface area (Å²) in [5.74, 6) is 1.57. The molecule has 1 saturated carbocycles. The summed E-state index contributed by atoms with van der Waals surface area (Å²) in [5, 5.41) is 11.1. The molecule has 0 unspecified atom stereocenters. The van der Waals surface area contributed by atoms with Gasteiger partial charge in [0.05, 0.1) is 15.5 Å². The summed E-state index contributed by atoms with van der Waals surface area (Å²) in [5.41, 5.74) is -0.0595. The maximum atomic E-state index is 10.8. The fourth-order valence-electron chi connectivity index (χ4n) is 1.79. The molecule has 0 spiro atoms. The molecule has 6 nitrogen and oxygen atoms in total. The van der Waals surface area contributed by atoms with Crippen molar-refractivity contribution in [1.82, 2.24) is 9.97 Å². The summed E-state index contributed by atoms with van der Waals surface area (Å²) in [7, 11) is 0. The Morgan fingerprint density at radius 2 is 2.10 bits per heavy atom. The summed E-state index contributed by atoms with van der Waals surface area (Å²) in [4.78, 5) is 18.8. The van der Waals surface area contributed by atoms with Crippen molar-refractivity contribution in [2.75, 3.05) is 0 Å². The highest BCUT2D eigenvalue weighted by atomic mass is 79.9. The molecular formula is C13H9BrClN3O3. The Morgan fingerprint density at radius 3 is 2.76 bits per heavy atom. The molecule has 1 heterocycles. The summed E-state index contributed by atoms with van der Waals surface area (Å²) in [6.07, 6.45) is 2.08. The lowest BCUT2D eigenvalue weighted by molar-refractivity contribution is -0.384. The smallest absolute Gasteiger partial charge is 0.273 e. The van der Waals surface area contributed by atoms with Crippen molar-refractivity contribution in [2.45, 2.75) is 18.8 Å². The standard InChI is InChI=1S/C13H9BrClN3O3/c14-9-4-3-8(18(19)20)5-10(9)21-12-6-11(15)16-13(17-12)7-1-2-7/h3-7H,1-2H2. The zero-order chi connectivity index (χ0) is 15.0. The van der Waals surface area contributed by atoms with Gasteiger partial charge in [-0.15, -0.1) is 0 Å². The molecule has 0 aliphatic heterocycles. The number of hydrogen-bond donors (Lipinski definition) is 0. The Labute approximate surface area is 133 Å². The lowest BCUT2D eigenvalue weighted by Gasteiger charge is -2.08. The van der Waals surface area contributed by atoms with Crippen LogP contribution in [-0.2, 0) is 0 Å². The first-order valence-corrected chi connectivity index (χ1v) is 7.36. The number of non-ortho nitro benzene ring substituents is 1. The highest BCUT2D eigenvalue weighted by Gasteiger charge is 2.27. The minimum atomic E-state index is -0.484. The molecule has 0 amide bonds. The second-order valence-electron chi connectivity index (χ2n) is 4.64. The minimum Gasteiger partial charge on any atom is -0.437 e. The van der Waals surface area contributed by atoms with Gasteiger partial charge >= 0.3 is 0 Å². The SMILES string of the molecule is O=[N+]([O-])c1ccc(Br)c(Oc2cc(Cl)nc(C3CC3)n2)c1. The van der Waals surface area contributed by atoms with E-state index in [0.717, 1.165) is 12.8 Å². The van der Waals surface area contributed by atoms with Crippen LogP contribution < -0.4 is 4.74 Å². The number of nitro benzene ring substituents is 1. The summed E-state index contributed by atoms with van der Waals surface area (Å²) in [6.45, 7) is 0. The molecule has 0 saturated heterocycles. The van der Waals surface area contributed by atoms with E-state index in [2.05, 4.69) is 25.9 Å². The van der Waals surface area contributed by atoms with Crippen LogP contribution in [0.25, 0.3) is 0 Å². The van der Waals surface area contributed by atoms with E-state index in [4.69, 9.17) is 16.3 Å². The minimum absolute atomic E-state index is 0.0595. The van der Waals surface area contributed by atoms with Gasteiger partial charge in [0.1, 0.15) is 11.0 Å². The van der Waals surface area contributed by atoms with Crippen molar-refractivity contribution in [1.29, 1.82) is 0 Å². The first-order valence-electron chi connectivity index (χ1n) is 6.19. The van der Waals surface area contributed by atoms with Gasteiger partial charge in [0.25, 0.3) is 5.69 Å². The highest BCUT2D eigenvalue weighted by molar-refractivity contribution is 9.10. The number of rotatable bonds is 4. The van der Waals surface area contributed by atoms with Crippen LogP contribution in [0.5, 0.6) is 11.6 Å². The van der Waals surface area contributed by atoms with Crippen LogP contribution in [0, 0.1) is 10.1 Å². The molecule has 0 radical (unpaired) electrons. The Hall–Kier alpha value is -1.73. The normalized spacial score (nSPS) is 14.0. The largest absolute Gasteiger partial charge is 0.437 e. The quantitative estimate of drug-likeness (QED) is 0.451. The number of benzene rings is 1. The van der Waals surface area contributed by atoms with Gasteiger partial charge in [-0.1, -0.05) is 11.6 Å². The van der Waals surface area contributed by atoms with Crippen molar-refractivity contribution in [3.05, 3.63) is 49.8 Å². The zero-order valence-corrected chi connectivity index (χ0v) is 13.0. The van der Waals surface area contributed by atoms with E-state index in [1.807, 2.05) is 0 Å². The van der Waals surface area contributed by atoms with Gasteiger partial charge in [-0.05, 0) is 34.8 Å². The van der Waals surface area contributed by atoms with E-state index < -0.39 is 4.92 Å². The fourth-order valence-corrected chi connectivity index (χ4v) is 2.29. The van der Waals surface area contributed by atoms with Crippen LogP contribution in [0.2, 0.25) is 5.15 Å². The van der Waals surface area contributed by atoms with E-state index in [1.165, 1.54) is 18.2 Å². The van der Waals surface area contributed by atoms with Crippen LogP contribution in [0.1, 0.15) is 24.6 Å². The van der Waals surface area contributed by atoms with Crippen LogP contribution in [0.4, 0.5) is 5.69 Å². The molecule has 108 valence electrons. The summed E-state index contributed by atoms with van der Waals surface area (Å²) >= 11 is 9.25. The van der Waals surface area contributed by atoms with Crippen molar-refractivity contribution in [3.8, 4) is 11.6 Å². The Kier molecular flexibility index (Phi) is 3.77. The fraction of sp³-hybridized carbons (Fsp3) is 0.231. The molecular weight excluding hydrogens is 362 g/mol. The molecule has 1 fully saturated rings. The first kappa shape index (κ1) is 14.2. The van der Waals surface area contributed by atoms with Gasteiger partial charge in [-0.2, -0.15) is 4.98 Å². The molecule has 2 aromatic rings. The molecule has 3 rings (SSSR count). The van der Waals surface area contributed by atoms with Crippen molar-refractivity contribution < 1.29 is 9.66 Å². The van der Waals surface area contributed by atoms with Crippen LogP contribution in [-0.4, -0.2) is 14.9 Å². The molecule has 1 aromatic heterocycles. The molecule has 8 heteroatoms. The summed E-state index contributed by atoms with van der Waals surface area (Å²) < 4.78 is 6.21. The van der Waals surface area contributed by atoms with Crippen molar-refractivity contribution >= 4 is 33.2 Å². The lowest BCUT2D eigenvalue weighted by Crippen LogP contribution is -1.97. The maximum Gasteiger partial charge on any atom is 0.273 e. The lowest BCUT2D eigenvalue weighted by atomic mass is 10.3. The molecule has 1 aromatic carbocycles. The predicted molar refractivity (Wildman–Crippen MR) is 79.9 cm³/mol. The van der Waals surface area contributed by atoms with E-state index in [-0.39, 0.29) is 11.6 Å². The highest BCUT2D eigenvalue weighted by Crippen LogP contribution is 2.40. The van der Waals surface area contributed by atoms with Gasteiger partial charge in [0.15, 0.2) is 5.75 Å². The van der Waals surface area contributed by atoms with Gasteiger partial charge in [0, 0.05) is 18.1 Å². The van der Waals surface area contributed by atoms with Gasteiger partial charge in [0.2, 0.25) is 5.88 Å². The number of aromatic nitrogens is 2. The number of halogens is 2. The average molecular weight is 371 g/mol. The molecule has 0 N–H and O–H groups in total. The second-order valence-corrected chi connectivity index (χ2v) is 5.88. The van der Waals surface area contributed by atoms with Gasteiger partial charge < -0.3 is 4.74 Å². The second kappa shape index (κ2) is 5.57. The number of nitro groups is 1. The van der Waals surface area contributed by atoms with Crippen LogP contribution in [0.15, 0.2) is 28.7 Å². The summed E-state index contributed by atoms with van der Waals surface area (Å²) in [6, 6.07) is 5.76. The van der Waals surface area contributed by atoms with E-state index in [0.29, 0.717) is 27.1 Å². The van der Waals surface area contributed by atoms with Crippen molar-refractivity contribution in [2.24, 2.45) is 0 Å². The van der Waals surface area contributed by atoms with E-state index >= 15 is 0 Å². The van der Waals surface area contributed by atoms with Crippen molar-refractivity contribution in [3.63, 3.8) is 0 Å². The molecule has 0 atom stereocenters. The Morgan fingerprint density at radius 1 is 1.33 bits per heavy atom. The number of nitrogens with zero attached hydrogens (tertiary/aromatic N) is 3. The van der Waals surface area contributed by atoms with Gasteiger partial charge in [-0.25, -0.2) is 4.98 Å². The van der Waals surface area contributed by atoms with Crippen LogP contribution in [0.3, 0.4) is 0 Å². The molecule has 21 heavy (non-hydrogen) atoms. The Bertz CT molecular complexity index is 722. The first-order chi connectivity index (χ1) is 10.0. The topological polar surface area (TPSA) is 78.2 Å². The molecule has 1 aliphatic carbocycles. The average Bonchev–Trinajstić information content (AvgIpc) is 3.24. The van der Waals surface area contributed by atoms with E-state index in [9.17, 15) is 10.1 Å². The monoisotopic (exact) mass is 369 g/mol. The number of ether oxygens (including phenoxy) is 1. The Balaban J connectivity index is 1.92. The maximum absolute atomic E-state index is 10.8. The van der Waals surface area contributed by atoms with Gasteiger partial charge in [-0.3, -0.25) is 10.1 Å². The zero-order valence-electron chi connectivity index (χ0n) is 10.6. The molecule has 1 aliphatic rings. The third-order valence-corrected chi connectivity index (χ3v) is 3.82. The number of hydrogen-bond acceptors (Lipinski definition) is 5. The predicted octanol–water partition coefficient (Wildman–Crippen LogP) is 4.47. The third kappa shape index (κ3) is 3.30. The third-order valence-electron chi connectivity index (χ3n) is 2.97. The molecule has 0 bridgehead atoms.